The summed E-state index contributed by atoms with van der Waals surface area (Å²) >= 11 is 6.42. The molecular weight excluding hydrogens is 404 g/mol. The number of hydrogen-bond donors (Lipinski definition) is 1. The van der Waals surface area contributed by atoms with Gasteiger partial charge in [0, 0.05) is 11.1 Å². The molecule has 4 rings (SSSR count). The summed E-state index contributed by atoms with van der Waals surface area (Å²) in [6.07, 6.45) is 2.71. The van der Waals surface area contributed by atoms with Crippen molar-refractivity contribution in [2.45, 2.75) is 50.3 Å². The van der Waals surface area contributed by atoms with Crippen LogP contribution in [0.25, 0.3) is 0 Å². The topological polar surface area (TPSA) is 46.2 Å². The summed E-state index contributed by atoms with van der Waals surface area (Å²) in [6, 6.07) is 11.3. The Kier molecular flexibility index (Phi) is 5.31. The number of aryl methyl sites for hydroxylation is 2. The highest BCUT2D eigenvalue weighted by Crippen LogP contribution is 2.54. The van der Waals surface area contributed by atoms with Crippen LogP contribution < -0.4 is 9.21 Å². The lowest BCUT2D eigenvalue weighted by Crippen LogP contribution is -2.57. The van der Waals surface area contributed by atoms with Gasteiger partial charge in [-0.1, -0.05) is 42.3 Å². The Labute approximate surface area is 179 Å². The Morgan fingerprint density at radius 1 is 1.14 bits per heavy atom. The first-order valence-corrected chi connectivity index (χ1v) is 12.3. The van der Waals surface area contributed by atoms with Gasteiger partial charge >= 0.3 is 10.0 Å². The molecule has 1 atom stereocenters. The van der Waals surface area contributed by atoms with Gasteiger partial charge in [-0.05, 0) is 64.4 Å². The summed E-state index contributed by atoms with van der Waals surface area (Å²) in [7, 11) is -3.73. The van der Waals surface area contributed by atoms with E-state index in [0.29, 0.717) is 18.1 Å². The molecular formula is C23H30ClN2O2S+. The van der Waals surface area contributed by atoms with E-state index >= 15 is 0 Å². The Morgan fingerprint density at radius 2 is 1.83 bits per heavy atom. The first-order valence-electron chi connectivity index (χ1n) is 10.5. The molecule has 2 aliphatic heterocycles. The van der Waals surface area contributed by atoms with E-state index in [4.69, 9.17) is 11.6 Å². The fraction of sp³-hybridized carbons (Fsp3) is 0.478. The van der Waals surface area contributed by atoms with E-state index in [0.717, 1.165) is 43.6 Å². The molecule has 0 radical (unpaired) electrons. The minimum atomic E-state index is -3.73. The highest BCUT2D eigenvalue weighted by Gasteiger charge is 2.60. The summed E-state index contributed by atoms with van der Waals surface area (Å²) in [5.74, 6) is 0. The van der Waals surface area contributed by atoms with Crippen molar-refractivity contribution in [2.75, 3.05) is 26.2 Å². The first kappa shape index (κ1) is 20.9. The predicted octanol–water partition coefficient (Wildman–Crippen LogP) is 4.70. The van der Waals surface area contributed by atoms with Gasteiger partial charge in [0.25, 0.3) is 0 Å². The van der Waals surface area contributed by atoms with Gasteiger partial charge in [-0.3, -0.25) is 0 Å². The van der Waals surface area contributed by atoms with E-state index in [-0.39, 0.29) is 14.2 Å². The maximum absolute atomic E-state index is 14.3. The average Bonchev–Trinajstić information content (AvgIpc) is 2.94. The lowest BCUT2D eigenvalue weighted by molar-refractivity contribution is 0.272. The molecule has 1 N–H and O–H groups in total. The second-order valence-electron chi connectivity index (χ2n) is 8.68. The first-order chi connectivity index (χ1) is 13.8. The number of halogens is 1. The fourth-order valence-corrected chi connectivity index (χ4v) is 8.30. The highest BCUT2D eigenvalue weighted by atomic mass is 35.5. The van der Waals surface area contributed by atoms with Crippen molar-refractivity contribution < 1.29 is 8.42 Å². The second kappa shape index (κ2) is 7.38. The molecule has 29 heavy (non-hydrogen) atoms. The quantitative estimate of drug-likeness (QED) is 0.711. The molecule has 1 spiro atoms. The molecule has 1 fully saturated rings. The molecule has 1 unspecified atom stereocenters. The Balaban J connectivity index is 2.04. The number of hydrogen-bond acceptors (Lipinski definition) is 3. The summed E-state index contributed by atoms with van der Waals surface area (Å²) < 4.78 is 28.5. The van der Waals surface area contributed by atoms with Crippen molar-refractivity contribution in [2.24, 2.45) is 0 Å². The summed E-state index contributed by atoms with van der Waals surface area (Å²) in [4.78, 5) is 0.243. The number of piperidine rings is 1. The number of rotatable bonds is 4. The van der Waals surface area contributed by atoms with Crippen LogP contribution in [-0.2, 0) is 15.4 Å². The molecule has 2 aromatic carbocycles. The van der Waals surface area contributed by atoms with Gasteiger partial charge < -0.3 is 5.32 Å². The van der Waals surface area contributed by atoms with Gasteiger partial charge in [0.2, 0.25) is 0 Å². The number of nitrogens with zero attached hydrogens (tertiary/aromatic N) is 1. The van der Waals surface area contributed by atoms with Crippen molar-refractivity contribution in [3.8, 4) is 0 Å². The minimum Gasteiger partial charge on any atom is -0.317 e. The van der Waals surface area contributed by atoms with Crippen molar-refractivity contribution in [3.05, 3.63) is 58.1 Å². The monoisotopic (exact) mass is 433 g/mol. The third-order valence-electron chi connectivity index (χ3n) is 6.70. The van der Waals surface area contributed by atoms with Crippen LogP contribution in [0.5, 0.6) is 0 Å². The zero-order valence-electron chi connectivity index (χ0n) is 17.5. The number of nitrogens with one attached hydrogen (secondary N) is 1. The van der Waals surface area contributed by atoms with Crippen LogP contribution in [0.15, 0.2) is 41.3 Å². The van der Waals surface area contributed by atoms with Crippen LogP contribution >= 0.6 is 11.6 Å². The molecule has 4 nitrogen and oxygen atoms in total. The summed E-state index contributed by atoms with van der Waals surface area (Å²) in [6.45, 7) is 9.23. The normalized spacial score (nSPS) is 23.3. The van der Waals surface area contributed by atoms with Crippen LogP contribution in [0.3, 0.4) is 0 Å². The third kappa shape index (κ3) is 3.05. The molecule has 0 saturated carbocycles. The fourth-order valence-electron chi connectivity index (χ4n) is 5.61. The molecule has 156 valence electrons. The molecule has 0 aromatic heterocycles. The molecule has 2 aliphatic rings. The smallest absolute Gasteiger partial charge is 0.317 e. The number of sulfonamides is 1. The van der Waals surface area contributed by atoms with E-state index in [1.807, 2.05) is 0 Å². The minimum absolute atomic E-state index is 0.0192. The number of benzene rings is 2. The van der Waals surface area contributed by atoms with E-state index in [2.05, 4.69) is 38.2 Å². The van der Waals surface area contributed by atoms with Crippen LogP contribution in [0.2, 0.25) is 5.02 Å². The van der Waals surface area contributed by atoms with E-state index < -0.39 is 10.0 Å². The molecule has 0 aliphatic carbocycles. The molecule has 2 aromatic rings. The highest BCUT2D eigenvalue weighted by molar-refractivity contribution is 7.91. The van der Waals surface area contributed by atoms with Crippen molar-refractivity contribution in [3.63, 3.8) is 0 Å². The predicted molar refractivity (Wildman–Crippen MR) is 120 cm³/mol. The second-order valence-corrected chi connectivity index (χ2v) is 11.2. The van der Waals surface area contributed by atoms with Crippen LogP contribution in [0, 0.1) is 13.8 Å². The van der Waals surface area contributed by atoms with E-state index in [1.54, 1.807) is 24.3 Å². The van der Waals surface area contributed by atoms with Crippen molar-refractivity contribution in [1.82, 2.24) is 9.21 Å². The van der Waals surface area contributed by atoms with Crippen LogP contribution in [0.1, 0.15) is 42.9 Å². The van der Waals surface area contributed by atoms with Gasteiger partial charge in [0.15, 0.2) is 5.69 Å². The third-order valence-corrected chi connectivity index (χ3v) is 9.47. The lowest BCUT2D eigenvalue weighted by atomic mass is 9.74. The van der Waals surface area contributed by atoms with E-state index in [1.165, 1.54) is 11.1 Å². The summed E-state index contributed by atoms with van der Waals surface area (Å²) in [5.41, 5.74) is 4.38. The van der Waals surface area contributed by atoms with Crippen molar-refractivity contribution in [1.29, 1.82) is 0 Å². The van der Waals surface area contributed by atoms with Crippen LogP contribution in [-0.4, -0.2) is 34.6 Å². The zero-order chi connectivity index (χ0) is 20.9. The maximum atomic E-state index is 14.3. The molecule has 0 bridgehead atoms. The Hall–Kier alpha value is -1.40. The van der Waals surface area contributed by atoms with Gasteiger partial charge in [0.1, 0.15) is 11.4 Å². The number of quaternary nitrogens is 1. The average molecular weight is 434 g/mol. The Morgan fingerprint density at radius 3 is 2.48 bits per heavy atom. The molecule has 0 amide bonds. The molecule has 2 heterocycles. The van der Waals surface area contributed by atoms with Crippen LogP contribution in [0.4, 0.5) is 5.69 Å². The van der Waals surface area contributed by atoms with Gasteiger partial charge in [-0.15, -0.1) is 0 Å². The largest absolute Gasteiger partial charge is 0.333 e. The van der Waals surface area contributed by atoms with Gasteiger partial charge in [-0.25, -0.2) is 0 Å². The van der Waals surface area contributed by atoms with E-state index in [9.17, 15) is 8.42 Å². The van der Waals surface area contributed by atoms with Gasteiger partial charge in [0.05, 0.1) is 17.0 Å². The zero-order valence-corrected chi connectivity index (χ0v) is 19.0. The van der Waals surface area contributed by atoms with Gasteiger partial charge in [-0.2, -0.15) is 12.3 Å². The molecule has 1 saturated heterocycles. The molecule has 6 heteroatoms. The SMILES string of the molecule is CCC[N+]1(S(=O)(=O)c2ccccc2Cl)CC2(CCNCC2)c2cc(C)cc(C)c21. The Bertz CT molecular complexity index is 1040. The summed E-state index contributed by atoms with van der Waals surface area (Å²) in [5, 5.41) is 3.76. The maximum Gasteiger partial charge on any atom is 0.333 e. The number of fused-ring (bicyclic) bond motifs is 2. The standard InChI is InChI=1S/C23H30ClN2O2S/c1-4-13-26(29(27,28)21-8-6-5-7-20(21)24)16-23(9-11-25-12-10-23)19-15-17(2)14-18(3)22(19)26/h5-8,14-15,25H,4,9-13,16H2,1-3H3/q+1. The van der Waals surface area contributed by atoms with Crippen molar-refractivity contribution >= 4 is 27.3 Å². The lowest BCUT2D eigenvalue weighted by Gasteiger charge is -2.38.